The van der Waals surface area contributed by atoms with Crippen molar-refractivity contribution in [2.24, 2.45) is 0 Å². The van der Waals surface area contributed by atoms with Crippen molar-refractivity contribution < 1.29 is 27.1 Å². The van der Waals surface area contributed by atoms with Crippen molar-refractivity contribution in [1.29, 1.82) is 0 Å². The molecule has 2 nitrogen and oxygen atoms in total. The molecule has 88 valence electrons. The predicted molar refractivity (Wildman–Crippen MR) is 46.8 cm³/mol. The molecular formula is C10H8F4O2. The van der Waals surface area contributed by atoms with E-state index in [9.17, 15) is 22.4 Å². The van der Waals surface area contributed by atoms with Gasteiger partial charge in [-0.05, 0) is 6.42 Å². The Labute approximate surface area is 88.8 Å². The number of esters is 1. The third kappa shape index (κ3) is 2.32. The highest BCUT2D eigenvalue weighted by Gasteiger charge is 2.25. The van der Waals surface area contributed by atoms with Crippen LogP contribution in [0, 0.1) is 23.3 Å². The molecule has 0 bridgehead atoms. The highest BCUT2D eigenvalue weighted by Crippen LogP contribution is 2.19. The second-order valence-corrected chi connectivity index (χ2v) is 2.98. The number of hydrogen-bond donors (Lipinski definition) is 0. The average Bonchev–Trinajstić information content (AvgIpc) is 2.23. The van der Waals surface area contributed by atoms with Gasteiger partial charge in [0.2, 0.25) is 0 Å². The van der Waals surface area contributed by atoms with E-state index in [1.165, 1.54) is 0 Å². The minimum absolute atomic E-state index is 0.0588. The summed E-state index contributed by atoms with van der Waals surface area (Å²) in [7, 11) is 0. The second-order valence-electron chi connectivity index (χ2n) is 2.98. The molecule has 0 aromatic heterocycles. The average molecular weight is 236 g/mol. The molecule has 0 aliphatic rings. The van der Waals surface area contributed by atoms with Crippen LogP contribution in [-0.4, -0.2) is 12.6 Å². The summed E-state index contributed by atoms with van der Waals surface area (Å²) in [4.78, 5) is 11.1. The summed E-state index contributed by atoms with van der Waals surface area (Å²) in [5, 5.41) is 0. The first kappa shape index (κ1) is 12.5. The molecule has 0 fully saturated rings. The fourth-order valence-electron chi connectivity index (χ4n) is 1.02. The van der Waals surface area contributed by atoms with Gasteiger partial charge in [-0.1, -0.05) is 6.92 Å². The summed E-state index contributed by atoms with van der Waals surface area (Å²) in [6.45, 7) is 1.61. The number of benzene rings is 1. The van der Waals surface area contributed by atoms with Crippen molar-refractivity contribution in [2.75, 3.05) is 6.61 Å². The Morgan fingerprint density at radius 2 is 1.81 bits per heavy atom. The van der Waals surface area contributed by atoms with Crippen LogP contribution in [0.5, 0.6) is 0 Å². The van der Waals surface area contributed by atoms with E-state index in [2.05, 4.69) is 4.74 Å². The predicted octanol–water partition coefficient (Wildman–Crippen LogP) is 2.81. The molecule has 0 saturated carbocycles. The third-order valence-electron chi connectivity index (χ3n) is 1.76. The highest BCUT2D eigenvalue weighted by molar-refractivity contribution is 5.90. The Morgan fingerprint density at radius 3 is 2.38 bits per heavy atom. The lowest BCUT2D eigenvalue weighted by atomic mass is 10.2. The number of halogens is 4. The molecule has 0 spiro atoms. The van der Waals surface area contributed by atoms with E-state index in [1.54, 1.807) is 6.92 Å². The summed E-state index contributed by atoms with van der Waals surface area (Å²) in [5.41, 5.74) is -1.22. The fraction of sp³-hybridized carbons (Fsp3) is 0.300. The largest absolute Gasteiger partial charge is 0.462 e. The molecule has 1 aromatic rings. The van der Waals surface area contributed by atoms with Gasteiger partial charge < -0.3 is 4.74 Å². The first-order valence-corrected chi connectivity index (χ1v) is 4.49. The van der Waals surface area contributed by atoms with Crippen molar-refractivity contribution >= 4 is 5.97 Å². The van der Waals surface area contributed by atoms with Crippen molar-refractivity contribution in [2.45, 2.75) is 13.3 Å². The summed E-state index contributed by atoms with van der Waals surface area (Å²) in [6.07, 6.45) is 0.443. The van der Waals surface area contributed by atoms with Gasteiger partial charge in [-0.15, -0.1) is 0 Å². The van der Waals surface area contributed by atoms with Gasteiger partial charge in [0.05, 0.1) is 6.61 Å². The van der Waals surface area contributed by atoms with Crippen LogP contribution in [-0.2, 0) is 4.74 Å². The summed E-state index contributed by atoms with van der Waals surface area (Å²) in [5.74, 6) is -8.31. The lowest BCUT2D eigenvalue weighted by molar-refractivity contribution is 0.0492. The van der Waals surface area contributed by atoms with Crippen LogP contribution < -0.4 is 0 Å². The molecule has 0 heterocycles. The molecule has 1 rings (SSSR count). The maximum absolute atomic E-state index is 13.0. The van der Waals surface area contributed by atoms with Gasteiger partial charge in [-0.2, -0.15) is 0 Å². The molecule has 16 heavy (non-hydrogen) atoms. The van der Waals surface area contributed by atoms with Crippen molar-refractivity contribution in [1.82, 2.24) is 0 Å². The second kappa shape index (κ2) is 4.96. The molecule has 1 aromatic carbocycles. The molecule has 0 radical (unpaired) electrons. The Hall–Kier alpha value is -1.59. The first-order chi connectivity index (χ1) is 7.49. The smallest absolute Gasteiger partial charge is 0.344 e. The van der Waals surface area contributed by atoms with Crippen molar-refractivity contribution in [3.63, 3.8) is 0 Å². The topological polar surface area (TPSA) is 26.3 Å². The van der Waals surface area contributed by atoms with E-state index >= 15 is 0 Å². The fourth-order valence-corrected chi connectivity index (χ4v) is 1.02. The van der Waals surface area contributed by atoms with Crippen LogP contribution in [0.1, 0.15) is 23.7 Å². The van der Waals surface area contributed by atoms with Crippen LogP contribution in [0.3, 0.4) is 0 Å². The molecule has 0 atom stereocenters. The normalized spacial score (nSPS) is 10.3. The van der Waals surface area contributed by atoms with E-state index in [1.807, 2.05) is 0 Å². The van der Waals surface area contributed by atoms with E-state index in [0.29, 0.717) is 6.42 Å². The van der Waals surface area contributed by atoms with Gasteiger partial charge in [0, 0.05) is 6.07 Å². The Kier molecular flexibility index (Phi) is 3.87. The van der Waals surface area contributed by atoms with Gasteiger partial charge >= 0.3 is 5.97 Å². The zero-order valence-corrected chi connectivity index (χ0v) is 8.32. The zero-order chi connectivity index (χ0) is 12.3. The minimum Gasteiger partial charge on any atom is -0.462 e. The summed E-state index contributed by atoms with van der Waals surface area (Å²) >= 11 is 0. The molecular weight excluding hydrogens is 228 g/mol. The molecule has 6 heteroatoms. The zero-order valence-electron chi connectivity index (χ0n) is 8.32. The Balaban J connectivity index is 3.13. The Bertz CT molecular complexity index is 418. The lowest BCUT2D eigenvalue weighted by Gasteiger charge is -2.06. The molecule has 0 aliphatic heterocycles. The number of ether oxygens (including phenoxy) is 1. The van der Waals surface area contributed by atoms with Crippen LogP contribution in [0.25, 0.3) is 0 Å². The summed E-state index contributed by atoms with van der Waals surface area (Å²) < 4.78 is 55.8. The highest BCUT2D eigenvalue weighted by atomic mass is 19.2. The standard InChI is InChI=1S/C10H8F4O2/c1-2-3-16-10(15)7-5(11)4-6(12)8(13)9(7)14/h4H,2-3H2,1H3. The van der Waals surface area contributed by atoms with E-state index < -0.39 is 34.8 Å². The number of carbonyl (C=O) groups excluding carboxylic acids is 1. The number of rotatable bonds is 3. The van der Waals surface area contributed by atoms with Gasteiger partial charge in [0.1, 0.15) is 11.4 Å². The van der Waals surface area contributed by atoms with Crippen LogP contribution in [0.15, 0.2) is 6.07 Å². The van der Waals surface area contributed by atoms with Crippen molar-refractivity contribution in [3.8, 4) is 0 Å². The quantitative estimate of drug-likeness (QED) is 0.349. The van der Waals surface area contributed by atoms with Gasteiger partial charge in [-0.3, -0.25) is 0 Å². The van der Waals surface area contributed by atoms with Crippen LogP contribution >= 0.6 is 0 Å². The van der Waals surface area contributed by atoms with Gasteiger partial charge in [-0.25, -0.2) is 22.4 Å². The maximum Gasteiger partial charge on any atom is 0.344 e. The SMILES string of the molecule is CCCOC(=O)c1c(F)cc(F)c(F)c1F. The maximum atomic E-state index is 13.0. The van der Waals surface area contributed by atoms with Gasteiger partial charge in [0.15, 0.2) is 17.5 Å². The van der Waals surface area contributed by atoms with E-state index in [4.69, 9.17) is 0 Å². The molecule has 0 unspecified atom stereocenters. The molecule has 0 amide bonds. The molecule has 0 aliphatic carbocycles. The van der Waals surface area contributed by atoms with Crippen LogP contribution in [0.2, 0.25) is 0 Å². The molecule has 0 saturated heterocycles. The Morgan fingerprint density at radius 1 is 1.19 bits per heavy atom. The number of hydrogen-bond acceptors (Lipinski definition) is 2. The molecule has 0 N–H and O–H groups in total. The monoisotopic (exact) mass is 236 g/mol. The third-order valence-corrected chi connectivity index (χ3v) is 1.76. The van der Waals surface area contributed by atoms with Gasteiger partial charge in [0.25, 0.3) is 0 Å². The number of carbonyl (C=O) groups is 1. The van der Waals surface area contributed by atoms with E-state index in [-0.39, 0.29) is 12.7 Å². The van der Waals surface area contributed by atoms with Crippen molar-refractivity contribution in [3.05, 3.63) is 34.9 Å². The minimum atomic E-state index is -1.90. The lowest BCUT2D eigenvalue weighted by Crippen LogP contribution is -2.13. The van der Waals surface area contributed by atoms with Crippen LogP contribution in [0.4, 0.5) is 17.6 Å². The first-order valence-electron chi connectivity index (χ1n) is 4.49. The van der Waals surface area contributed by atoms with E-state index in [0.717, 1.165) is 0 Å². The summed E-state index contributed by atoms with van der Waals surface area (Å²) in [6, 6.07) is 0.0982.